The van der Waals surface area contributed by atoms with E-state index in [1.807, 2.05) is 42.3 Å². The van der Waals surface area contributed by atoms with E-state index in [2.05, 4.69) is 55.6 Å². The van der Waals surface area contributed by atoms with Crippen LogP contribution in [0.4, 0.5) is 5.69 Å². The van der Waals surface area contributed by atoms with Crippen LogP contribution in [-0.4, -0.2) is 50.0 Å². The topological polar surface area (TPSA) is 76.2 Å². The van der Waals surface area contributed by atoms with Crippen molar-refractivity contribution in [3.8, 4) is 11.3 Å². The highest BCUT2D eigenvalue weighted by Crippen LogP contribution is 2.25. The van der Waals surface area contributed by atoms with E-state index >= 15 is 0 Å². The molecule has 1 aliphatic carbocycles. The Kier molecular flexibility index (Phi) is 5.38. The maximum atomic E-state index is 4.73. The molecular weight excluding hydrogens is 388 g/mol. The number of nitrogens with one attached hydrogen (secondary N) is 1. The number of anilines is 1. The normalized spacial score (nSPS) is 14.1. The lowest BCUT2D eigenvalue weighted by Crippen LogP contribution is -2.26. The van der Waals surface area contributed by atoms with Crippen molar-refractivity contribution >= 4 is 11.3 Å². The van der Waals surface area contributed by atoms with Crippen molar-refractivity contribution in [1.82, 2.24) is 34.7 Å². The molecule has 160 valence electrons. The Bertz CT molecular complexity index is 1170. The van der Waals surface area contributed by atoms with E-state index in [0.29, 0.717) is 6.54 Å². The van der Waals surface area contributed by atoms with Crippen LogP contribution in [0, 0.1) is 5.92 Å². The minimum atomic E-state index is 0.574. The van der Waals surface area contributed by atoms with Gasteiger partial charge in [-0.3, -0.25) is 4.98 Å². The molecular formula is C23H28N8. The number of rotatable bonds is 8. The van der Waals surface area contributed by atoms with Crippen LogP contribution < -0.4 is 10.2 Å². The minimum Gasteiger partial charge on any atom is -0.376 e. The Morgan fingerprint density at radius 1 is 1.13 bits per heavy atom. The van der Waals surface area contributed by atoms with Gasteiger partial charge in [0.15, 0.2) is 0 Å². The number of hydrogen-bond donors (Lipinski definition) is 1. The predicted octanol–water partition coefficient (Wildman–Crippen LogP) is 2.99. The van der Waals surface area contributed by atoms with E-state index in [1.54, 1.807) is 0 Å². The second-order valence-corrected chi connectivity index (χ2v) is 8.59. The summed E-state index contributed by atoms with van der Waals surface area (Å²) in [5.74, 6) is 0.872. The van der Waals surface area contributed by atoms with Gasteiger partial charge in [-0.25, -0.2) is 9.67 Å². The zero-order valence-corrected chi connectivity index (χ0v) is 18.1. The van der Waals surface area contributed by atoms with Gasteiger partial charge in [-0.2, -0.15) is 0 Å². The van der Waals surface area contributed by atoms with Gasteiger partial charge in [0.25, 0.3) is 0 Å². The van der Waals surface area contributed by atoms with Gasteiger partial charge >= 0.3 is 0 Å². The molecule has 8 nitrogen and oxygen atoms in total. The third kappa shape index (κ3) is 4.44. The first kappa shape index (κ1) is 19.7. The summed E-state index contributed by atoms with van der Waals surface area (Å²) in [7, 11) is 3.99. The second kappa shape index (κ2) is 8.47. The molecule has 0 aromatic carbocycles. The average molecular weight is 417 g/mol. The van der Waals surface area contributed by atoms with Crippen molar-refractivity contribution in [1.29, 1.82) is 0 Å². The van der Waals surface area contributed by atoms with Gasteiger partial charge in [0, 0.05) is 44.8 Å². The molecule has 1 fully saturated rings. The summed E-state index contributed by atoms with van der Waals surface area (Å²) < 4.78 is 3.92. The van der Waals surface area contributed by atoms with E-state index in [0.717, 1.165) is 47.3 Å². The first-order valence-electron chi connectivity index (χ1n) is 10.8. The van der Waals surface area contributed by atoms with Crippen LogP contribution in [0.2, 0.25) is 0 Å². The summed E-state index contributed by atoms with van der Waals surface area (Å²) in [5.41, 5.74) is 5.96. The highest BCUT2D eigenvalue weighted by molar-refractivity contribution is 5.62. The highest BCUT2D eigenvalue weighted by atomic mass is 15.4. The van der Waals surface area contributed by atoms with Gasteiger partial charge in [0.1, 0.15) is 11.3 Å². The Labute approximate surface area is 181 Å². The monoisotopic (exact) mass is 416 g/mol. The second-order valence-electron chi connectivity index (χ2n) is 8.59. The van der Waals surface area contributed by atoms with Gasteiger partial charge in [-0.15, -0.1) is 5.10 Å². The number of imidazole rings is 1. The standard InChI is InChI=1S/C23H28N8/c1-29(2)21-8-19(11-25-12-21)22-16-31(28-27-22)15-20-14-30-13-18(6-7-23(30)26-20)10-24-9-17-4-3-5-17/h6-8,11-14,16-17,24H,3-5,9-10,15H2,1-2H3. The van der Waals surface area contributed by atoms with Crippen LogP contribution in [0.5, 0.6) is 0 Å². The lowest BCUT2D eigenvalue weighted by molar-refractivity contribution is 0.301. The molecule has 1 N–H and O–H groups in total. The van der Waals surface area contributed by atoms with Crippen LogP contribution in [0.3, 0.4) is 0 Å². The van der Waals surface area contributed by atoms with E-state index in [1.165, 1.54) is 24.8 Å². The van der Waals surface area contributed by atoms with Crippen LogP contribution >= 0.6 is 0 Å². The Morgan fingerprint density at radius 2 is 2.03 bits per heavy atom. The minimum absolute atomic E-state index is 0.574. The fraction of sp³-hybridized carbons (Fsp3) is 0.391. The maximum absolute atomic E-state index is 4.73. The molecule has 31 heavy (non-hydrogen) atoms. The quantitative estimate of drug-likeness (QED) is 0.476. The number of hydrogen-bond acceptors (Lipinski definition) is 6. The third-order valence-electron chi connectivity index (χ3n) is 5.95. The molecule has 0 bridgehead atoms. The molecule has 0 saturated heterocycles. The van der Waals surface area contributed by atoms with Crippen molar-refractivity contribution < 1.29 is 0 Å². The molecule has 0 radical (unpaired) electrons. The highest BCUT2D eigenvalue weighted by Gasteiger charge is 2.16. The molecule has 1 saturated carbocycles. The third-order valence-corrected chi connectivity index (χ3v) is 5.95. The Balaban J connectivity index is 1.26. The van der Waals surface area contributed by atoms with E-state index in [4.69, 9.17) is 4.98 Å². The fourth-order valence-corrected chi connectivity index (χ4v) is 3.88. The molecule has 4 aromatic heterocycles. The van der Waals surface area contributed by atoms with Gasteiger partial charge in [0.2, 0.25) is 0 Å². The molecule has 0 unspecified atom stereocenters. The first-order chi connectivity index (χ1) is 15.1. The zero-order chi connectivity index (χ0) is 21.2. The largest absolute Gasteiger partial charge is 0.376 e. The molecule has 5 rings (SSSR count). The van der Waals surface area contributed by atoms with Crippen LogP contribution in [0.25, 0.3) is 16.9 Å². The van der Waals surface area contributed by atoms with Crippen LogP contribution in [0.1, 0.15) is 30.5 Å². The fourth-order valence-electron chi connectivity index (χ4n) is 3.88. The van der Waals surface area contributed by atoms with Crippen molar-refractivity contribution in [3.63, 3.8) is 0 Å². The lowest BCUT2D eigenvalue weighted by atomic mass is 9.85. The molecule has 1 aliphatic rings. The maximum Gasteiger partial charge on any atom is 0.137 e. The molecule has 4 heterocycles. The molecule has 0 spiro atoms. The summed E-state index contributed by atoms with van der Waals surface area (Å²) in [4.78, 5) is 11.1. The molecule has 8 heteroatoms. The zero-order valence-electron chi connectivity index (χ0n) is 18.1. The smallest absolute Gasteiger partial charge is 0.137 e. The van der Waals surface area contributed by atoms with Crippen molar-refractivity contribution in [3.05, 3.63) is 60.4 Å². The SMILES string of the molecule is CN(C)c1cncc(-c2cn(Cc3cn4cc(CNCC5CCC5)ccc4n3)nn2)c1. The predicted molar refractivity (Wildman–Crippen MR) is 121 cm³/mol. The number of nitrogens with zero attached hydrogens (tertiary/aromatic N) is 7. The molecule has 0 amide bonds. The van der Waals surface area contributed by atoms with E-state index in [-0.39, 0.29) is 0 Å². The first-order valence-corrected chi connectivity index (χ1v) is 10.8. The Hall–Kier alpha value is -3.26. The summed E-state index contributed by atoms with van der Waals surface area (Å²) in [6.07, 6.45) is 14.0. The van der Waals surface area contributed by atoms with Gasteiger partial charge in [0.05, 0.1) is 30.3 Å². The lowest BCUT2D eigenvalue weighted by Gasteiger charge is -2.25. The van der Waals surface area contributed by atoms with Crippen molar-refractivity contribution in [2.45, 2.75) is 32.4 Å². The van der Waals surface area contributed by atoms with Crippen molar-refractivity contribution in [2.75, 3.05) is 25.5 Å². The number of aromatic nitrogens is 6. The van der Waals surface area contributed by atoms with E-state index in [9.17, 15) is 0 Å². The van der Waals surface area contributed by atoms with Crippen molar-refractivity contribution in [2.24, 2.45) is 5.92 Å². The summed E-state index contributed by atoms with van der Waals surface area (Å²) in [5, 5.41) is 12.2. The summed E-state index contributed by atoms with van der Waals surface area (Å²) in [6, 6.07) is 6.29. The van der Waals surface area contributed by atoms with Crippen LogP contribution in [-0.2, 0) is 13.1 Å². The van der Waals surface area contributed by atoms with Gasteiger partial charge < -0.3 is 14.6 Å². The average Bonchev–Trinajstić information content (AvgIpc) is 3.36. The molecule has 4 aromatic rings. The molecule has 0 atom stereocenters. The number of fused-ring (bicyclic) bond motifs is 1. The van der Waals surface area contributed by atoms with Crippen LogP contribution in [0.15, 0.2) is 49.2 Å². The van der Waals surface area contributed by atoms with E-state index < -0.39 is 0 Å². The number of pyridine rings is 2. The molecule has 0 aliphatic heterocycles. The Morgan fingerprint density at radius 3 is 2.84 bits per heavy atom. The summed E-state index contributed by atoms with van der Waals surface area (Å²) >= 11 is 0. The summed E-state index contributed by atoms with van der Waals surface area (Å²) in [6.45, 7) is 2.59. The van der Waals surface area contributed by atoms with Gasteiger partial charge in [-0.1, -0.05) is 17.7 Å². The van der Waals surface area contributed by atoms with Gasteiger partial charge in [-0.05, 0) is 43.0 Å².